The molecule has 0 aliphatic heterocycles. The van der Waals surface area contributed by atoms with Crippen LogP contribution in [0, 0.1) is 18.3 Å². The lowest BCUT2D eigenvalue weighted by molar-refractivity contribution is 0.112. The van der Waals surface area contributed by atoms with Gasteiger partial charge in [0.15, 0.2) is 0 Å². The minimum absolute atomic E-state index is 0.634. The van der Waals surface area contributed by atoms with Crippen molar-refractivity contribution in [2.45, 2.75) is 26.3 Å². The van der Waals surface area contributed by atoms with E-state index in [-0.39, 0.29) is 0 Å². The molecule has 98 valence electrons. The monoisotopic (exact) mass is 274 g/mol. The molecule has 2 rings (SSSR count). The van der Waals surface area contributed by atoms with E-state index in [1.54, 1.807) is 0 Å². The molecule has 0 spiro atoms. The van der Waals surface area contributed by atoms with E-state index in [1.165, 1.54) is 0 Å². The molecule has 1 aromatic carbocycles. The summed E-state index contributed by atoms with van der Waals surface area (Å²) >= 11 is 5.69. The Kier molecular flexibility index (Phi) is 4.24. The van der Waals surface area contributed by atoms with Crippen LogP contribution >= 0.6 is 11.6 Å². The highest BCUT2D eigenvalue weighted by molar-refractivity contribution is 6.17. The normalized spacial score (nSPS) is 10.6. The van der Waals surface area contributed by atoms with E-state index >= 15 is 0 Å². The molecule has 0 N–H and O–H groups in total. The SMILES string of the molecule is Cc1c(C=O)ccc2c1cc(C#N)n2CCCCCl. The molecule has 0 saturated heterocycles. The maximum absolute atomic E-state index is 11.0. The fourth-order valence-electron chi connectivity index (χ4n) is 2.32. The molecule has 0 bridgehead atoms. The van der Waals surface area contributed by atoms with Crippen molar-refractivity contribution in [2.24, 2.45) is 0 Å². The summed E-state index contributed by atoms with van der Waals surface area (Å²) in [5.41, 5.74) is 3.25. The standard InChI is InChI=1S/C15H15ClN2O/c1-11-12(10-19)4-5-15-14(11)8-13(9-17)18(15)7-3-2-6-16/h4-5,8,10H,2-3,6-7H2,1H3. The molecule has 0 unspecified atom stereocenters. The van der Waals surface area contributed by atoms with Gasteiger partial charge < -0.3 is 4.57 Å². The molecule has 0 aliphatic carbocycles. The van der Waals surface area contributed by atoms with Gasteiger partial charge in [-0.15, -0.1) is 11.6 Å². The van der Waals surface area contributed by atoms with Crippen molar-refractivity contribution in [1.29, 1.82) is 5.26 Å². The highest BCUT2D eigenvalue weighted by atomic mass is 35.5. The van der Waals surface area contributed by atoms with Crippen molar-refractivity contribution in [3.63, 3.8) is 0 Å². The molecule has 1 heterocycles. The van der Waals surface area contributed by atoms with Crippen LogP contribution in [0.4, 0.5) is 0 Å². The summed E-state index contributed by atoms with van der Waals surface area (Å²) < 4.78 is 2.00. The molecule has 4 heteroatoms. The number of aromatic nitrogens is 1. The fraction of sp³-hybridized carbons (Fsp3) is 0.333. The van der Waals surface area contributed by atoms with E-state index < -0.39 is 0 Å². The van der Waals surface area contributed by atoms with Gasteiger partial charge in [0.1, 0.15) is 18.0 Å². The highest BCUT2D eigenvalue weighted by Crippen LogP contribution is 2.25. The van der Waals surface area contributed by atoms with Gasteiger partial charge in [-0.05, 0) is 43.5 Å². The molecule has 0 saturated carbocycles. The summed E-state index contributed by atoms with van der Waals surface area (Å²) in [5.74, 6) is 0.634. The van der Waals surface area contributed by atoms with Crippen LogP contribution in [0.2, 0.25) is 0 Å². The Morgan fingerprint density at radius 2 is 2.21 bits per heavy atom. The van der Waals surface area contributed by atoms with Gasteiger partial charge >= 0.3 is 0 Å². The summed E-state index contributed by atoms with van der Waals surface area (Å²) in [6.07, 6.45) is 2.72. The van der Waals surface area contributed by atoms with Gasteiger partial charge in [0.25, 0.3) is 0 Å². The summed E-state index contributed by atoms with van der Waals surface area (Å²) in [5, 5.41) is 10.2. The molecule has 0 fully saturated rings. The van der Waals surface area contributed by atoms with Crippen molar-refractivity contribution in [1.82, 2.24) is 4.57 Å². The number of alkyl halides is 1. The van der Waals surface area contributed by atoms with E-state index in [1.807, 2.05) is 29.7 Å². The molecule has 0 amide bonds. The van der Waals surface area contributed by atoms with Crippen LogP contribution in [0.25, 0.3) is 10.9 Å². The number of unbranched alkanes of at least 4 members (excludes halogenated alkanes) is 1. The van der Waals surface area contributed by atoms with Crippen LogP contribution < -0.4 is 0 Å². The zero-order valence-electron chi connectivity index (χ0n) is 10.8. The van der Waals surface area contributed by atoms with Crippen molar-refractivity contribution in [2.75, 3.05) is 5.88 Å². The van der Waals surface area contributed by atoms with Crippen LogP contribution in [0.15, 0.2) is 18.2 Å². The Labute approximate surface area is 117 Å². The molecule has 1 aromatic heterocycles. The molecule has 19 heavy (non-hydrogen) atoms. The molecule has 2 aromatic rings. The third-order valence-corrected chi connectivity index (χ3v) is 3.67. The van der Waals surface area contributed by atoms with E-state index in [9.17, 15) is 10.1 Å². The first-order chi connectivity index (χ1) is 9.22. The number of rotatable bonds is 5. The number of aldehydes is 1. The zero-order chi connectivity index (χ0) is 13.8. The topological polar surface area (TPSA) is 45.8 Å². The maximum Gasteiger partial charge on any atom is 0.150 e. The van der Waals surface area contributed by atoms with Crippen LogP contribution in [-0.4, -0.2) is 16.7 Å². The Hall–Kier alpha value is -1.79. The van der Waals surface area contributed by atoms with Crippen molar-refractivity contribution < 1.29 is 4.79 Å². The lowest BCUT2D eigenvalue weighted by Crippen LogP contribution is -2.01. The summed E-state index contributed by atoms with van der Waals surface area (Å²) in [7, 11) is 0. The number of nitrogens with zero attached hydrogens (tertiary/aromatic N) is 2. The minimum atomic E-state index is 0.634. The predicted molar refractivity (Wildman–Crippen MR) is 76.7 cm³/mol. The van der Waals surface area contributed by atoms with Gasteiger partial charge in [-0.3, -0.25) is 4.79 Å². The second-order valence-corrected chi connectivity index (χ2v) is 4.90. The van der Waals surface area contributed by atoms with E-state index in [4.69, 9.17) is 11.6 Å². The highest BCUT2D eigenvalue weighted by Gasteiger charge is 2.11. The molecular weight excluding hydrogens is 260 g/mol. The van der Waals surface area contributed by atoms with Gasteiger partial charge in [-0.2, -0.15) is 5.26 Å². The smallest absolute Gasteiger partial charge is 0.150 e. The Bertz CT molecular complexity index is 652. The first-order valence-corrected chi connectivity index (χ1v) is 6.80. The average Bonchev–Trinajstić information content (AvgIpc) is 2.79. The summed E-state index contributed by atoms with van der Waals surface area (Å²) in [6, 6.07) is 7.80. The molecular formula is C15H15ClN2O. The van der Waals surface area contributed by atoms with Crippen LogP contribution in [0.1, 0.15) is 34.5 Å². The van der Waals surface area contributed by atoms with Crippen LogP contribution in [0.3, 0.4) is 0 Å². The zero-order valence-corrected chi connectivity index (χ0v) is 11.6. The molecule has 0 atom stereocenters. The quantitative estimate of drug-likeness (QED) is 0.475. The van der Waals surface area contributed by atoms with Crippen molar-refractivity contribution in [3.05, 3.63) is 35.0 Å². The second-order valence-electron chi connectivity index (χ2n) is 4.52. The lowest BCUT2D eigenvalue weighted by Gasteiger charge is -2.07. The maximum atomic E-state index is 11.0. The third-order valence-electron chi connectivity index (χ3n) is 3.40. The largest absolute Gasteiger partial charge is 0.332 e. The Morgan fingerprint density at radius 3 is 2.84 bits per heavy atom. The number of halogens is 1. The number of hydrogen-bond donors (Lipinski definition) is 0. The van der Waals surface area contributed by atoms with E-state index in [2.05, 4.69) is 6.07 Å². The first-order valence-electron chi connectivity index (χ1n) is 6.27. The third kappa shape index (κ3) is 2.50. The van der Waals surface area contributed by atoms with Gasteiger partial charge in [-0.1, -0.05) is 0 Å². The van der Waals surface area contributed by atoms with Crippen LogP contribution in [-0.2, 0) is 6.54 Å². The van der Waals surface area contributed by atoms with Crippen molar-refractivity contribution >= 4 is 28.8 Å². The number of carbonyl (C=O) groups is 1. The molecule has 3 nitrogen and oxygen atoms in total. The Morgan fingerprint density at radius 1 is 1.42 bits per heavy atom. The summed E-state index contributed by atoms with van der Waals surface area (Å²) in [4.78, 5) is 11.0. The van der Waals surface area contributed by atoms with E-state index in [0.29, 0.717) is 17.1 Å². The first kappa shape index (κ1) is 13.6. The number of benzene rings is 1. The predicted octanol–water partition coefficient (Wildman–Crippen LogP) is 3.65. The van der Waals surface area contributed by atoms with Gasteiger partial charge in [0, 0.05) is 28.9 Å². The number of carbonyl (C=O) groups excluding carboxylic acids is 1. The lowest BCUT2D eigenvalue weighted by atomic mass is 10.1. The Balaban J connectivity index is 2.53. The number of nitriles is 1. The van der Waals surface area contributed by atoms with Crippen molar-refractivity contribution in [3.8, 4) is 6.07 Å². The number of hydrogen-bond acceptors (Lipinski definition) is 2. The summed E-state index contributed by atoms with van der Waals surface area (Å²) in [6.45, 7) is 2.69. The van der Waals surface area contributed by atoms with Gasteiger partial charge in [0.2, 0.25) is 0 Å². The average molecular weight is 275 g/mol. The minimum Gasteiger partial charge on any atom is -0.332 e. The van der Waals surface area contributed by atoms with Gasteiger partial charge in [0.05, 0.1) is 0 Å². The van der Waals surface area contributed by atoms with E-state index in [0.717, 1.165) is 42.1 Å². The second kappa shape index (κ2) is 5.90. The van der Waals surface area contributed by atoms with Crippen LogP contribution in [0.5, 0.6) is 0 Å². The molecule has 0 radical (unpaired) electrons. The van der Waals surface area contributed by atoms with Gasteiger partial charge in [-0.25, -0.2) is 0 Å². The number of aryl methyl sites for hydroxylation is 2. The fourth-order valence-corrected chi connectivity index (χ4v) is 2.51. The number of fused-ring (bicyclic) bond motifs is 1. The molecule has 0 aliphatic rings.